The number of aromatic nitrogens is 5. The highest BCUT2D eigenvalue weighted by Crippen LogP contribution is 2.07. The minimum absolute atomic E-state index is 0.192. The van der Waals surface area contributed by atoms with Crippen LogP contribution in [0.4, 0.5) is 0 Å². The van der Waals surface area contributed by atoms with Crippen LogP contribution in [0.15, 0.2) is 43.0 Å². The molecule has 0 unspecified atom stereocenters. The molecule has 0 aliphatic carbocycles. The number of carbonyl (C=O) groups is 1. The van der Waals surface area contributed by atoms with Crippen LogP contribution in [0.5, 0.6) is 0 Å². The first-order valence-corrected chi connectivity index (χ1v) is 6.06. The quantitative estimate of drug-likeness (QED) is 0.702. The normalized spacial score (nSPS) is 10.7. The minimum Gasteiger partial charge on any atom is -0.333 e. The standard InChI is InChI=1S/C13H12N6O/c1-18(9-11-14-4-2-5-15-11)13(20)10-8-12-16-6-3-7-19(12)17-10/h2-8H,9H2,1H3. The van der Waals surface area contributed by atoms with Crippen molar-refractivity contribution in [2.45, 2.75) is 6.54 Å². The van der Waals surface area contributed by atoms with Crippen molar-refractivity contribution in [2.75, 3.05) is 7.05 Å². The second-order valence-electron chi connectivity index (χ2n) is 4.28. The van der Waals surface area contributed by atoms with E-state index in [1.807, 2.05) is 0 Å². The molecule has 20 heavy (non-hydrogen) atoms. The molecule has 0 aromatic carbocycles. The van der Waals surface area contributed by atoms with Gasteiger partial charge in [-0.2, -0.15) is 5.10 Å². The summed E-state index contributed by atoms with van der Waals surface area (Å²) in [7, 11) is 1.69. The van der Waals surface area contributed by atoms with Crippen molar-refractivity contribution in [1.82, 2.24) is 29.5 Å². The predicted octanol–water partition coefficient (Wildman–Crippen LogP) is 0.792. The van der Waals surface area contributed by atoms with Crippen molar-refractivity contribution >= 4 is 11.6 Å². The highest BCUT2D eigenvalue weighted by molar-refractivity contribution is 5.93. The van der Waals surface area contributed by atoms with Gasteiger partial charge in [0.25, 0.3) is 5.91 Å². The summed E-state index contributed by atoms with van der Waals surface area (Å²) < 4.78 is 1.57. The third-order valence-electron chi connectivity index (χ3n) is 2.80. The van der Waals surface area contributed by atoms with E-state index in [0.29, 0.717) is 23.7 Å². The Morgan fingerprint density at radius 1 is 1.20 bits per heavy atom. The SMILES string of the molecule is CN(Cc1ncccn1)C(=O)c1cc2ncccn2n1. The summed E-state index contributed by atoms with van der Waals surface area (Å²) in [5.74, 6) is 0.396. The molecule has 3 rings (SSSR count). The molecule has 0 aliphatic rings. The molecule has 0 saturated carbocycles. The lowest BCUT2D eigenvalue weighted by molar-refractivity contribution is 0.0775. The van der Waals surface area contributed by atoms with Crippen LogP contribution in [0.25, 0.3) is 5.65 Å². The molecule has 3 aromatic heterocycles. The van der Waals surface area contributed by atoms with Crippen LogP contribution in [0, 0.1) is 0 Å². The van der Waals surface area contributed by atoms with Crippen molar-refractivity contribution < 1.29 is 4.79 Å². The van der Waals surface area contributed by atoms with E-state index in [1.165, 1.54) is 4.90 Å². The first-order chi connectivity index (χ1) is 9.74. The van der Waals surface area contributed by atoms with Crippen LogP contribution >= 0.6 is 0 Å². The van der Waals surface area contributed by atoms with Crippen LogP contribution < -0.4 is 0 Å². The molecule has 0 spiro atoms. The van der Waals surface area contributed by atoms with E-state index in [4.69, 9.17) is 0 Å². The summed E-state index contributed by atoms with van der Waals surface area (Å²) in [4.78, 5) is 26.1. The van der Waals surface area contributed by atoms with E-state index < -0.39 is 0 Å². The monoisotopic (exact) mass is 268 g/mol. The van der Waals surface area contributed by atoms with Gasteiger partial charge in [0.05, 0.1) is 6.54 Å². The Bertz CT molecular complexity index is 706. The van der Waals surface area contributed by atoms with Crippen molar-refractivity contribution in [3.63, 3.8) is 0 Å². The number of hydrogen-bond donors (Lipinski definition) is 0. The zero-order valence-corrected chi connectivity index (χ0v) is 10.8. The summed E-state index contributed by atoms with van der Waals surface area (Å²) in [6, 6.07) is 5.15. The number of carbonyl (C=O) groups excluding carboxylic acids is 1. The lowest BCUT2D eigenvalue weighted by Gasteiger charge is -2.14. The van der Waals surface area contributed by atoms with Gasteiger partial charge in [0.2, 0.25) is 0 Å². The molecule has 7 heteroatoms. The fourth-order valence-electron chi connectivity index (χ4n) is 1.83. The molecule has 1 amide bonds. The van der Waals surface area contributed by atoms with Gasteiger partial charge in [0.15, 0.2) is 11.3 Å². The Hall–Kier alpha value is -2.83. The van der Waals surface area contributed by atoms with Gasteiger partial charge in [-0.05, 0) is 12.1 Å². The Kier molecular flexibility index (Phi) is 3.08. The van der Waals surface area contributed by atoms with E-state index >= 15 is 0 Å². The second kappa shape index (κ2) is 5.04. The Balaban J connectivity index is 1.81. The number of fused-ring (bicyclic) bond motifs is 1. The summed E-state index contributed by atoms with van der Waals surface area (Å²) in [5.41, 5.74) is 0.988. The third kappa shape index (κ3) is 2.33. The van der Waals surface area contributed by atoms with E-state index in [0.717, 1.165) is 0 Å². The largest absolute Gasteiger partial charge is 0.333 e. The molecule has 0 bridgehead atoms. The molecule has 0 N–H and O–H groups in total. The number of hydrogen-bond acceptors (Lipinski definition) is 5. The highest BCUT2D eigenvalue weighted by atomic mass is 16.2. The summed E-state index contributed by atoms with van der Waals surface area (Å²) in [6.45, 7) is 0.334. The average Bonchev–Trinajstić information content (AvgIpc) is 2.91. The van der Waals surface area contributed by atoms with Crippen LogP contribution in [0.2, 0.25) is 0 Å². The van der Waals surface area contributed by atoms with Gasteiger partial charge in [-0.25, -0.2) is 19.5 Å². The van der Waals surface area contributed by atoms with Gasteiger partial charge in [-0.1, -0.05) is 0 Å². The fraction of sp³-hybridized carbons (Fsp3) is 0.154. The molecular weight excluding hydrogens is 256 g/mol. The Morgan fingerprint density at radius 2 is 1.95 bits per heavy atom. The average molecular weight is 268 g/mol. The van der Waals surface area contributed by atoms with Gasteiger partial charge in [0, 0.05) is 37.9 Å². The summed E-state index contributed by atoms with van der Waals surface area (Å²) in [6.07, 6.45) is 6.71. The van der Waals surface area contributed by atoms with E-state index in [9.17, 15) is 4.79 Å². The first-order valence-electron chi connectivity index (χ1n) is 6.06. The maximum Gasteiger partial charge on any atom is 0.274 e. The summed E-state index contributed by atoms with van der Waals surface area (Å²) >= 11 is 0. The molecule has 3 aromatic rings. The maximum atomic E-state index is 12.3. The maximum absolute atomic E-state index is 12.3. The lowest BCUT2D eigenvalue weighted by atomic mass is 10.3. The van der Waals surface area contributed by atoms with Crippen LogP contribution in [0.3, 0.4) is 0 Å². The molecule has 0 atom stereocenters. The van der Waals surface area contributed by atoms with Crippen LogP contribution in [-0.2, 0) is 6.54 Å². The topological polar surface area (TPSA) is 76.3 Å². The molecule has 3 heterocycles. The van der Waals surface area contributed by atoms with Gasteiger partial charge >= 0.3 is 0 Å². The van der Waals surface area contributed by atoms with E-state index in [2.05, 4.69) is 20.1 Å². The van der Waals surface area contributed by atoms with Crippen LogP contribution in [-0.4, -0.2) is 42.4 Å². The van der Waals surface area contributed by atoms with Crippen molar-refractivity contribution in [3.05, 3.63) is 54.5 Å². The van der Waals surface area contributed by atoms with Gasteiger partial charge in [-0.15, -0.1) is 0 Å². The molecule has 0 radical (unpaired) electrons. The number of rotatable bonds is 3. The third-order valence-corrected chi connectivity index (χ3v) is 2.80. The van der Waals surface area contributed by atoms with Crippen molar-refractivity contribution in [1.29, 1.82) is 0 Å². The molecule has 0 aliphatic heterocycles. The molecule has 7 nitrogen and oxygen atoms in total. The van der Waals surface area contributed by atoms with E-state index in [-0.39, 0.29) is 5.91 Å². The smallest absolute Gasteiger partial charge is 0.274 e. The van der Waals surface area contributed by atoms with Gasteiger partial charge in [-0.3, -0.25) is 4.79 Å². The van der Waals surface area contributed by atoms with Crippen molar-refractivity contribution in [3.8, 4) is 0 Å². The first kappa shape index (κ1) is 12.2. The summed E-state index contributed by atoms with van der Waals surface area (Å²) in [5, 5.41) is 4.20. The fourth-order valence-corrected chi connectivity index (χ4v) is 1.83. The number of amides is 1. The Morgan fingerprint density at radius 3 is 2.70 bits per heavy atom. The molecule has 100 valence electrons. The van der Waals surface area contributed by atoms with Crippen molar-refractivity contribution in [2.24, 2.45) is 0 Å². The zero-order valence-electron chi connectivity index (χ0n) is 10.8. The van der Waals surface area contributed by atoms with Gasteiger partial charge in [0.1, 0.15) is 5.82 Å². The number of nitrogens with zero attached hydrogens (tertiary/aromatic N) is 6. The highest BCUT2D eigenvalue weighted by Gasteiger charge is 2.16. The van der Waals surface area contributed by atoms with Gasteiger partial charge < -0.3 is 4.90 Å². The molecule has 0 saturated heterocycles. The zero-order chi connectivity index (χ0) is 13.9. The predicted molar refractivity (Wildman–Crippen MR) is 70.8 cm³/mol. The molecule has 0 fully saturated rings. The molecular formula is C13H12N6O. The van der Waals surface area contributed by atoms with Crippen LogP contribution in [0.1, 0.15) is 16.3 Å². The Labute approximate surface area is 114 Å². The second-order valence-corrected chi connectivity index (χ2v) is 4.28. The van der Waals surface area contributed by atoms with E-state index in [1.54, 1.807) is 54.5 Å². The minimum atomic E-state index is -0.192. The lowest BCUT2D eigenvalue weighted by Crippen LogP contribution is -2.27.